The number of hydrogen-bond acceptors (Lipinski definition) is 6. The van der Waals surface area contributed by atoms with Crippen molar-refractivity contribution in [2.75, 3.05) is 45.7 Å². The van der Waals surface area contributed by atoms with Crippen LogP contribution in [0.3, 0.4) is 0 Å². The van der Waals surface area contributed by atoms with E-state index < -0.39 is 0 Å². The van der Waals surface area contributed by atoms with Crippen LogP contribution in [0.4, 0.5) is 5.82 Å². The molecule has 2 aromatic heterocycles. The lowest BCUT2D eigenvalue weighted by Gasteiger charge is -2.17. The van der Waals surface area contributed by atoms with Crippen LogP contribution in [0.2, 0.25) is 0 Å². The Morgan fingerprint density at radius 2 is 1.80 bits per heavy atom. The van der Waals surface area contributed by atoms with Gasteiger partial charge in [0.25, 0.3) is 5.91 Å². The van der Waals surface area contributed by atoms with Gasteiger partial charge in [-0.3, -0.25) is 9.78 Å². The molecule has 2 aromatic rings. The summed E-state index contributed by atoms with van der Waals surface area (Å²) in [6, 6.07) is 7.55. The average Bonchev–Trinajstić information content (AvgIpc) is 2.64. The lowest BCUT2D eigenvalue weighted by atomic mass is 10.2. The normalized spacial score (nSPS) is 10.7. The molecule has 2 rings (SSSR count). The SMILES string of the molecule is CN(C)CCCNC(=O)c1ccc(N(C)CCc2ccncc2)nn1. The summed E-state index contributed by atoms with van der Waals surface area (Å²) in [4.78, 5) is 20.2. The van der Waals surface area contributed by atoms with Crippen molar-refractivity contribution in [1.82, 2.24) is 25.4 Å². The Balaban J connectivity index is 1.81. The molecule has 0 aromatic carbocycles. The molecule has 0 bridgehead atoms. The van der Waals surface area contributed by atoms with Crippen molar-refractivity contribution in [2.45, 2.75) is 12.8 Å². The van der Waals surface area contributed by atoms with Crippen molar-refractivity contribution in [2.24, 2.45) is 0 Å². The van der Waals surface area contributed by atoms with Crippen molar-refractivity contribution < 1.29 is 4.79 Å². The van der Waals surface area contributed by atoms with E-state index in [0.29, 0.717) is 12.2 Å². The second-order valence-electron chi connectivity index (χ2n) is 6.22. The fourth-order valence-electron chi connectivity index (χ4n) is 2.30. The smallest absolute Gasteiger partial charge is 0.271 e. The van der Waals surface area contributed by atoms with Gasteiger partial charge in [-0.25, -0.2) is 0 Å². The van der Waals surface area contributed by atoms with Crippen molar-refractivity contribution in [3.63, 3.8) is 0 Å². The number of amides is 1. The zero-order chi connectivity index (χ0) is 18.1. The minimum Gasteiger partial charge on any atom is -0.358 e. The predicted molar refractivity (Wildman–Crippen MR) is 98.7 cm³/mol. The number of aromatic nitrogens is 3. The van der Waals surface area contributed by atoms with Gasteiger partial charge in [-0.1, -0.05) is 0 Å². The highest BCUT2D eigenvalue weighted by atomic mass is 16.1. The van der Waals surface area contributed by atoms with Crippen molar-refractivity contribution in [3.05, 3.63) is 47.9 Å². The Hall–Kier alpha value is -2.54. The summed E-state index contributed by atoms with van der Waals surface area (Å²) in [5.41, 5.74) is 1.57. The van der Waals surface area contributed by atoms with Gasteiger partial charge in [0.15, 0.2) is 11.5 Å². The van der Waals surface area contributed by atoms with Crippen LogP contribution in [0.1, 0.15) is 22.5 Å². The lowest BCUT2D eigenvalue weighted by Crippen LogP contribution is -2.28. The maximum atomic E-state index is 12.0. The maximum absolute atomic E-state index is 12.0. The molecule has 134 valence electrons. The first kappa shape index (κ1) is 18.8. The molecule has 0 aliphatic rings. The van der Waals surface area contributed by atoms with Gasteiger partial charge < -0.3 is 15.1 Å². The van der Waals surface area contributed by atoms with Gasteiger partial charge in [-0.15, -0.1) is 10.2 Å². The van der Waals surface area contributed by atoms with E-state index in [1.807, 2.05) is 44.2 Å². The highest BCUT2D eigenvalue weighted by Crippen LogP contribution is 2.09. The highest BCUT2D eigenvalue weighted by Gasteiger charge is 2.09. The van der Waals surface area contributed by atoms with Crippen molar-refractivity contribution in [3.8, 4) is 0 Å². The zero-order valence-corrected chi connectivity index (χ0v) is 15.1. The molecule has 0 atom stereocenters. The van der Waals surface area contributed by atoms with Gasteiger partial charge in [0, 0.05) is 32.5 Å². The van der Waals surface area contributed by atoms with Crippen LogP contribution < -0.4 is 10.2 Å². The molecule has 0 aliphatic carbocycles. The Morgan fingerprint density at radius 3 is 2.44 bits per heavy atom. The summed E-state index contributed by atoms with van der Waals surface area (Å²) in [7, 11) is 5.99. The van der Waals surface area contributed by atoms with E-state index in [1.54, 1.807) is 18.5 Å². The molecule has 0 aliphatic heterocycles. The molecule has 7 nitrogen and oxygen atoms in total. The Bertz CT molecular complexity index is 644. The molecule has 0 spiro atoms. The Morgan fingerprint density at radius 1 is 1.04 bits per heavy atom. The van der Waals surface area contributed by atoms with Gasteiger partial charge in [0.05, 0.1) is 0 Å². The minimum absolute atomic E-state index is 0.183. The first-order valence-electron chi connectivity index (χ1n) is 8.43. The largest absolute Gasteiger partial charge is 0.358 e. The second kappa shape index (κ2) is 9.68. The average molecular weight is 342 g/mol. The van der Waals surface area contributed by atoms with Crippen LogP contribution in [-0.2, 0) is 6.42 Å². The fraction of sp³-hybridized carbons (Fsp3) is 0.444. The third-order valence-electron chi connectivity index (χ3n) is 3.83. The minimum atomic E-state index is -0.183. The van der Waals surface area contributed by atoms with Crippen LogP contribution in [0, 0.1) is 0 Å². The third-order valence-corrected chi connectivity index (χ3v) is 3.83. The molecule has 0 fully saturated rings. The number of carbonyl (C=O) groups is 1. The Kier molecular flexibility index (Phi) is 7.28. The van der Waals surface area contributed by atoms with Crippen molar-refractivity contribution in [1.29, 1.82) is 0 Å². The molecule has 2 heterocycles. The summed E-state index contributed by atoms with van der Waals surface area (Å²) in [6.07, 6.45) is 5.39. The van der Waals surface area contributed by atoms with Crippen LogP contribution in [0.15, 0.2) is 36.7 Å². The van der Waals surface area contributed by atoms with Gasteiger partial charge in [-0.05, 0) is 63.3 Å². The number of carbonyl (C=O) groups excluding carboxylic acids is 1. The Labute approximate surface area is 149 Å². The van der Waals surface area contributed by atoms with E-state index >= 15 is 0 Å². The summed E-state index contributed by atoms with van der Waals surface area (Å²) in [6.45, 7) is 2.38. The molecule has 0 saturated carbocycles. The molecule has 1 N–H and O–H groups in total. The monoisotopic (exact) mass is 342 g/mol. The fourth-order valence-corrected chi connectivity index (χ4v) is 2.30. The van der Waals surface area contributed by atoms with Crippen LogP contribution in [-0.4, -0.2) is 66.8 Å². The molecule has 1 amide bonds. The molecule has 0 saturated heterocycles. The standard InChI is InChI=1S/C18H26N6O/c1-23(2)13-4-10-20-18(25)16-5-6-17(22-21-16)24(3)14-9-15-7-11-19-12-8-15/h5-8,11-12H,4,9-10,13-14H2,1-3H3,(H,20,25). The number of rotatable bonds is 9. The molecule has 25 heavy (non-hydrogen) atoms. The molecule has 0 unspecified atom stereocenters. The van der Waals surface area contributed by atoms with E-state index in [1.165, 1.54) is 5.56 Å². The van der Waals surface area contributed by atoms with Crippen LogP contribution >= 0.6 is 0 Å². The summed E-state index contributed by atoms with van der Waals surface area (Å²) in [5.74, 6) is 0.565. The summed E-state index contributed by atoms with van der Waals surface area (Å²) < 4.78 is 0. The molecular formula is C18H26N6O. The maximum Gasteiger partial charge on any atom is 0.271 e. The number of nitrogens with one attached hydrogen (secondary N) is 1. The van der Waals surface area contributed by atoms with E-state index in [2.05, 4.69) is 25.4 Å². The molecular weight excluding hydrogens is 316 g/mol. The number of likely N-dealkylation sites (N-methyl/N-ethyl adjacent to an activating group) is 1. The third kappa shape index (κ3) is 6.46. The quantitative estimate of drug-likeness (QED) is 0.691. The molecule has 0 radical (unpaired) electrons. The zero-order valence-electron chi connectivity index (χ0n) is 15.1. The number of pyridine rings is 1. The summed E-state index contributed by atoms with van der Waals surface area (Å²) >= 11 is 0. The first-order valence-corrected chi connectivity index (χ1v) is 8.43. The van der Waals surface area contributed by atoms with Gasteiger partial charge in [0.2, 0.25) is 0 Å². The van der Waals surface area contributed by atoms with Crippen LogP contribution in [0.5, 0.6) is 0 Å². The van der Waals surface area contributed by atoms with E-state index in [0.717, 1.165) is 31.7 Å². The van der Waals surface area contributed by atoms with Crippen molar-refractivity contribution >= 4 is 11.7 Å². The number of hydrogen-bond donors (Lipinski definition) is 1. The topological polar surface area (TPSA) is 74.2 Å². The van der Waals surface area contributed by atoms with E-state index in [4.69, 9.17) is 0 Å². The van der Waals surface area contributed by atoms with E-state index in [-0.39, 0.29) is 5.91 Å². The van der Waals surface area contributed by atoms with E-state index in [9.17, 15) is 4.79 Å². The van der Waals surface area contributed by atoms with Gasteiger partial charge in [-0.2, -0.15) is 0 Å². The first-order chi connectivity index (χ1) is 12.1. The van der Waals surface area contributed by atoms with Gasteiger partial charge in [0.1, 0.15) is 0 Å². The number of anilines is 1. The predicted octanol–water partition coefficient (Wildman–Crippen LogP) is 1.23. The van der Waals surface area contributed by atoms with Crippen LogP contribution in [0.25, 0.3) is 0 Å². The molecule has 7 heteroatoms. The number of nitrogens with zero attached hydrogens (tertiary/aromatic N) is 5. The lowest BCUT2D eigenvalue weighted by molar-refractivity contribution is 0.0946. The highest BCUT2D eigenvalue weighted by molar-refractivity contribution is 5.92. The summed E-state index contributed by atoms with van der Waals surface area (Å²) in [5, 5.41) is 11.1. The van der Waals surface area contributed by atoms with Gasteiger partial charge >= 0.3 is 0 Å². The second-order valence-corrected chi connectivity index (χ2v) is 6.22.